The molecule has 0 aromatic heterocycles. The molecule has 10 heteroatoms. The molecule has 272 valence electrons. The van der Waals surface area contributed by atoms with E-state index in [0.29, 0.717) is 48.8 Å². The number of likely N-dealkylation sites (tertiary alicyclic amines) is 2. The van der Waals surface area contributed by atoms with Crippen LogP contribution in [0.4, 0.5) is 13.2 Å². The summed E-state index contributed by atoms with van der Waals surface area (Å²) < 4.78 is 52.7. The number of carboxylic acid groups (broad SMARTS) is 1. The van der Waals surface area contributed by atoms with E-state index in [1.807, 2.05) is 66.4 Å². The van der Waals surface area contributed by atoms with Crippen LogP contribution in [-0.2, 0) is 24.3 Å². The maximum absolute atomic E-state index is 13.8. The lowest BCUT2D eigenvalue weighted by Gasteiger charge is -2.32. The minimum Gasteiger partial charge on any atom is -0.496 e. The normalized spacial score (nSPS) is 16.5. The second kappa shape index (κ2) is 17.1. The summed E-state index contributed by atoms with van der Waals surface area (Å²) >= 11 is 0. The van der Waals surface area contributed by atoms with Crippen molar-refractivity contribution in [3.8, 4) is 22.6 Å². The van der Waals surface area contributed by atoms with E-state index in [0.717, 1.165) is 58.2 Å². The lowest BCUT2D eigenvalue weighted by molar-refractivity contribution is -0.136. The predicted molar refractivity (Wildman–Crippen MR) is 197 cm³/mol. The minimum atomic E-state index is -2.59. The fourth-order valence-electron chi connectivity index (χ4n) is 7.07. The van der Waals surface area contributed by atoms with Gasteiger partial charge in [-0.1, -0.05) is 60.7 Å². The SMILES string of the molecule is C/C=C(/N)c1c(F)cccc1CN1CCCC1.COc1ccc(CN2CCC(F)(F)CC2)c(OC)c1-c1cccc2c(CCC(=O)O)cccc12. The Hall–Kier alpha value is -4.54. The van der Waals surface area contributed by atoms with Crippen LogP contribution in [0.5, 0.6) is 11.5 Å². The molecule has 2 aliphatic heterocycles. The fourth-order valence-corrected chi connectivity index (χ4v) is 7.07. The molecular weight excluding hydrogens is 655 g/mol. The molecule has 0 radical (unpaired) electrons. The van der Waals surface area contributed by atoms with Crippen LogP contribution in [0.2, 0.25) is 0 Å². The van der Waals surface area contributed by atoms with Gasteiger partial charge >= 0.3 is 5.97 Å². The number of nitrogens with two attached hydrogens (primary N) is 1. The van der Waals surface area contributed by atoms with E-state index in [2.05, 4.69) is 4.90 Å². The molecule has 0 aliphatic carbocycles. The minimum absolute atomic E-state index is 0.0559. The van der Waals surface area contributed by atoms with E-state index in [9.17, 15) is 18.0 Å². The van der Waals surface area contributed by atoms with Crippen LogP contribution in [0.3, 0.4) is 0 Å². The zero-order valence-corrected chi connectivity index (χ0v) is 29.7. The van der Waals surface area contributed by atoms with Crippen molar-refractivity contribution in [3.63, 3.8) is 0 Å². The maximum Gasteiger partial charge on any atom is 0.303 e. The van der Waals surface area contributed by atoms with Crippen molar-refractivity contribution < 1.29 is 32.5 Å². The van der Waals surface area contributed by atoms with Crippen molar-refractivity contribution in [1.29, 1.82) is 0 Å². The van der Waals surface area contributed by atoms with Crippen molar-refractivity contribution in [2.45, 2.75) is 64.5 Å². The maximum atomic E-state index is 13.8. The highest BCUT2D eigenvalue weighted by Crippen LogP contribution is 2.44. The number of rotatable bonds is 11. The van der Waals surface area contributed by atoms with Gasteiger partial charge in [-0.25, -0.2) is 13.2 Å². The van der Waals surface area contributed by atoms with Crippen molar-refractivity contribution in [2.24, 2.45) is 5.73 Å². The van der Waals surface area contributed by atoms with Crippen LogP contribution in [0.1, 0.15) is 61.3 Å². The van der Waals surface area contributed by atoms with Gasteiger partial charge in [0.2, 0.25) is 0 Å². The number of nitrogens with zero attached hydrogens (tertiary/aromatic N) is 2. The molecule has 0 bridgehead atoms. The largest absolute Gasteiger partial charge is 0.496 e. The highest BCUT2D eigenvalue weighted by molar-refractivity contribution is 6.01. The molecule has 2 fully saturated rings. The van der Waals surface area contributed by atoms with Crippen molar-refractivity contribution >= 4 is 22.4 Å². The molecule has 0 unspecified atom stereocenters. The Morgan fingerprint density at radius 2 is 1.47 bits per heavy atom. The third-order valence-electron chi connectivity index (χ3n) is 9.79. The fraction of sp³-hybridized carbons (Fsp3) is 0.390. The molecule has 51 heavy (non-hydrogen) atoms. The van der Waals surface area contributed by atoms with E-state index in [-0.39, 0.29) is 25.1 Å². The van der Waals surface area contributed by atoms with Crippen LogP contribution >= 0.6 is 0 Å². The summed E-state index contributed by atoms with van der Waals surface area (Å²) in [5.41, 5.74) is 11.5. The number of hydrogen-bond donors (Lipinski definition) is 2. The standard InChI is InChI=1S/C27H29F2NO4.C14H19FN2/c1-33-23-11-9-19(17-30-15-13-27(28,29)14-16-30)26(34-2)25(23)22-8-4-6-20-18(10-12-24(31)32)5-3-7-21(20)22;1-2-13(16)14-11(6-5-7-12(14)15)10-17-8-3-4-9-17/h3-9,11H,10,12-17H2,1-2H3,(H,31,32);2,5-7H,3-4,8-10,16H2,1H3/b;13-2+. The number of ether oxygens (including phenoxy) is 2. The number of alkyl halides is 2. The monoisotopic (exact) mass is 703 g/mol. The third kappa shape index (κ3) is 9.23. The topological polar surface area (TPSA) is 88.3 Å². The number of aliphatic carboxylic acids is 1. The van der Waals surface area contributed by atoms with Crippen molar-refractivity contribution in [2.75, 3.05) is 40.4 Å². The molecule has 0 amide bonds. The van der Waals surface area contributed by atoms with Gasteiger partial charge in [-0.15, -0.1) is 0 Å². The molecule has 4 aromatic carbocycles. The van der Waals surface area contributed by atoms with Crippen LogP contribution in [0.15, 0.2) is 72.8 Å². The van der Waals surface area contributed by atoms with Gasteiger partial charge in [0, 0.05) is 62.3 Å². The molecule has 3 N–H and O–H groups in total. The highest BCUT2D eigenvalue weighted by Gasteiger charge is 2.34. The second-order valence-electron chi connectivity index (χ2n) is 13.2. The molecule has 7 nitrogen and oxygen atoms in total. The van der Waals surface area contributed by atoms with E-state index in [4.69, 9.17) is 20.3 Å². The molecule has 0 saturated carbocycles. The van der Waals surface area contributed by atoms with E-state index in [1.54, 1.807) is 26.4 Å². The number of fused-ring (bicyclic) bond motifs is 1. The Labute approximate surface area is 298 Å². The van der Waals surface area contributed by atoms with Gasteiger partial charge in [0.25, 0.3) is 5.92 Å². The summed E-state index contributed by atoms with van der Waals surface area (Å²) in [5.74, 6) is -2.35. The number of methoxy groups -OCH3 is 2. The number of hydrogen-bond acceptors (Lipinski definition) is 6. The van der Waals surface area contributed by atoms with Crippen LogP contribution in [-0.4, -0.2) is 67.2 Å². The van der Waals surface area contributed by atoms with Gasteiger partial charge in [0.15, 0.2) is 0 Å². The molecule has 4 aromatic rings. The van der Waals surface area contributed by atoms with Gasteiger partial charge in [-0.2, -0.15) is 0 Å². The molecule has 2 heterocycles. The zero-order chi connectivity index (χ0) is 36.5. The summed E-state index contributed by atoms with van der Waals surface area (Å²) in [7, 11) is 3.21. The van der Waals surface area contributed by atoms with Gasteiger partial charge in [0.05, 0.1) is 19.8 Å². The van der Waals surface area contributed by atoms with E-state index >= 15 is 0 Å². The van der Waals surface area contributed by atoms with Gasteiger partial charge in [-0.3, -0.25) is 14.6 Å². The van der Waals surface area contributed by atoms with Crippen LogP contribution in [0, 0.1) is 5.82 Å². The second-order valence-corrected chi connectivity index (χ2v) is 13.2. The lowest BCUT2D eigenvalue weighted by Crippen LogP contribution is -2.38. The Bertz CT molecular complexity index is 1850. The summed E-state index contributed by atoms with van der Waals surface area (Å²) in [6.07, 6.45) is 4.45. The number of aryl methyl sites for hydroxylation is 1. The zero-order valence-electron chi connectivity index (χ0n) is 29.7. The Morgan fingerprint density at radius 1 is 0.843 bits per heavy atom. The molecule has 0 atom stereocenters. The van der Waals surface area contributed by atoms with Gasteiger partial charge < -0.3 is 20.3 Å². The molecule has 6 rings (SSSR count). The number of carboxylic acids is 1. The summed E-state index contributed by atoms with van der Waals surface area (Å²) in [6.45, 7) is 6.00. The summed E-state index contributed by atoms with van der Waals surface area (Å²) in [4.78, 5) is 15.5. The summed E-state index contributed by atoms with van der Waals surface area (Å²) in [5, 5.41) is 11.1. The van der Waals surface area contributed by atoms with Crippen LogP contribution < -0.4 is 15.2 Å². The molecule has 2 aliphatic rings. The molecule has 2 saturated heterocycles. The lowest BCUT2D eigenvalue weighted by atomic mass is 9.92. The number of benzene rings is 4. The first-order valence-corrected chi connectivity index (χ1v) is 17.5. The summed E-state index contributed by atoms with van der Waals surface area (Å²) in [6, 6.07) is 20.8. The Morgan fingerprint density at radius 3 is 2.14 bits per heavy atom. The molecule has 0 spiro atoms. The highest BCUT2D eigenvalue weighted by atomic mass is 19.3. The molecular formula is C41H48F3N3O4. The number of halogens is 3. The van der Waals surface area contributed by atoms with Gasteiger partial charge in [0.1, 0.15) is 17.3 Å². The van der Waals surface area contributed by atoms with E-state index < -0.39 is 11.9 Å². The first kappa shape index (κ1) is 37.7. The third-order valence-corrected chi connectivity index (χ3v) is 9.79. The average molecular weight is 704 g/mol. The number of carbonyl (C=O) groups is 1. The smallest absolute Gasteiger partial charge is 0.303 e. The van der Waals surface area contributed by atoms with Gasteiger partial charge in [-0.05, 0) is 78.9 Å². The first-order chi connectivity index (χ1) is 24.5. The van der Waals surface area contributed by atoms with Crippen molar-refractivity contribution in [1.82, 2.24) is 9.80 Å². The predicted octanol–water partition coefficient (Wildman–Crippen LogP) is 8.51. The average Bonchev–Trinajstić information content (AvgIpc) is 3.64. The van der Waals surface area contributed by atoms with Crippen LogP contribution in [0.25, 0.3) is 27.6 Å². The van der Waals surface area contributed by atoms with Crippen molar-refractivity contribution in [3.05, 3.63) is 101 Å². The first-order valence-electron chi connectivity index (χ1n) is 17.5. The number of piperidine rings is 1. The quantitative estimate of drug-likeness (QED) is 0.162. The van der Waals surface area contributed by atoms with E-state index in [1.165, 1.54) is 18.9 Å². The number of allylic oxidation sites excluding steroid dienone is 1. The Kier molecular flexibility index (Phi) is 12.7. The Balaban J connectivity index is 0.000000248.